The molecule has 2 aliphatic rings. The molecule has 4 amide bonds. The molecule has 1 saturated heterocycles. The summed E-state index contributed by atoms with van der Waals surface area (Å²) in [6, 6.07) is 25.6. The van der Waals surface area contributed by atoms with Crippen LogP contribution in [0.4, 0.5) is 4.79 Å². The van der Waals surface area contributed by atoms with Crippen molar-refractivity contribution in [1.82, 2.24) is 21.3 Å². The molecule has 0 aromatic heterocycles. The third kappa shape index (κ3) is 8.20. The summed E-state index contributed by atoms with van der Waals surface area (Å²) < 4.78 is 11.3. The van der Waals surface area contributed by atoms with E-state index < -0.39 is 41.8 Å². The Morgan fingerprint density at radius 3 is 2.09 bits per heavy atom. The Bertz CT molecular complexity index is 1450. The first-order valence-electron chi connectivity index (χ1n) is 15.5. The van der Waals surface area contributed by atoms with Gasteiger partial charge in [-0.3, -0.25) is 14.4 Å². The summed E-state index contributed by atoms with van der Waals surface area (Å²) in [5, 5.41) is 11.2. The van der Waals surface area contributed by atoms with Gasteiger partial charge in [0.2, 0.25) is 18.0 Å². The van der Waals surface area contributed by atoms with Gasteiger partial charge < -0.3 is 30.7 Å². The molecule has 5 rings (SSSR count). The van der Waals surface area contributed by atoms with E-state index in [2.05, 4.69) is 21.3 Å². The third-order valence-corrected chi connectivity index (χ3v) is 8.54. The minimum Gasteiger partial charge on any atom is -0.468 e. The molecule has 3 aromatic carbocycles. The summed E-state index contributed by atoms with van der Waals surface area (Å²) in [6.45, 7) is 1.75. The molecular weight excluding hydrogens is 572 g/mol. The molecule has 1 aliphatic carbocycles. The fourth-order valence-corrected chi connectivity index (χ4v) is 5.86. The molecule has 1 aliphatic heterocycles. The van der Waals surface area contributed by atoms with Crippen LogP contribution in [0.25, 0.3) is 0 Å². The number of para-hydroxylation sites is 1. The largest absolute Gasteiger partial charge is 0.468 e. The maximum atomic E-state index is 14.0. The average molecular weight is 613 g/mol. The summed E-state index contributed by atoms with van der Waals surface area (Å²) in [4.78, 5) is 53.4. The van der Waals surface area contributed by atoms with Crippen molar-refractivity contribution in [1.29, 1.82) is 0 Å². The second kappa shape index (κ2) is 14.7. The molecule has 45 heavy (non-hydrogen) atoms. The highest BCUT2D eigenvalue weighted by Crippen LogP contribution is 2.33. The smallest absolute Gasteiger partial charge is 0.408 e. The van der Waals surface area contributed by atoms with Crippen molar-refractivity contribution in [2.24, 2.45) is 5.92 Å². The van der Waals surface area contributed by atoms with Gasteiger partial charge >= 0.3 is 6.09 Å². The van der Waals surface area contributed by atoms with Crippen LogP contribution >= 0.6 is 0 Å². The molecule has 1 heterocycles. The molecule has 3 aromatic rings. The Hall–Kier alpha value is -4.86. The summed E-state index contributed by atoms with van der Waals surface area (Å²) in [5.41, 5.74) is 0.291. The first kappa shape index (κ1) is 31.6. The van der Waals surface area contributed by atoms with Crippen molar-refractivity contribution >= 4 is 23.8 Å². The Balaban J connectivity index is 1.32. The van der Waals surface area contributed by atoms with Gasteiger partial charge in [-0.25, -0.2) is 4.79 Å². The predicted molar refractivity (Wildman–Crippen MR) is 168 cm³/mol. The maximum Gasteiger partial charge on any atom is 0.408 e. The second-order valence-corrected chi connectivity index (χ2v) is 11.8. The number of nitrogens with one attached hydrogen (secondary N) is 4. The highest BCUT2D eigenvalue weighted by Gasteiger charge is 2.49. The second-order valence-electron chi connectivity index (χ2n) is 11.8. The molecule has 0 spiro atoms. The van der Waals surface area contributed by atoms with Gasteiger partial charge in [-0.2, -0.15) is 0 Å². The number of benzene rings is 3. The number of hydrogen-bond donors (Lipinski definition) is 4. The first-order valence-corrected chi connectivity index (χ1v) is 15.5. The van der Waals surface area contributed by atoms with Crippen molar-refractivity contribution in [2.75, 3.05) is 0 Å². The Morgan fingerprint density at radius 1 is 0.867 bits per heavy atom. The number of alkyl carbamates (subject to hydrolysis) is 1. The van der Waals surface area contributed by atoms with E-state index in [1.165, 1.54) is 0 Å². The van der Waals surface area contributed by atoms with Crippen LogP contribution in [0.5, 0.6) is 5.75 Å². The number of carbonyl (C=O) groups is 4. The van der Waals surface area contributed by atoms with Gasteiger partial charge in [-0.1, -0.05) is 98.1 Å². The zero-order valence-corrected chi connectivity index (χ0v) is 25.4. The molecular formula is C35H40N4O6. The lowest BCUT2D eigenvalue weighted by Crippen LogP contribution is -2.74. The summed E-state index contributed by atoms with van der Waals surface area (Å²) >= 11 is 0. The normalized spacial score (nSPS) is 19.9. The molecule has 0 radical (unpaired) electrons. The van der Waals surface area contributed by atoms with Gasteiger partial charge in [0.15, 0.2) is 6.04 Å². The molecule has 10 nitrogen and oxygen atoms in total. The van der Waals surface area contributed by atoms with Gasteiger partial charge in [-0.15, -0.1) is 0 Å². The van der Waals surface area contributed by atoms with Gasteiger partial charge in [0, 0.05) is 6.42 Å². The first-order chi connectivity index (χ1) is 21.8. The van der Waals surface area contributed by atoms with Crippen LogP contribution in [-0.2, 0) is 32.1 Å². The molecule has 236 valence electrons. The van der Waals surface area contributed by atoms with E-state index in [0.29, 0.717) is 5.75 Å². The molecule has 4 N–H and O–H groups in total. The molecule has 0 unspecified atom stereocenters. The van der Waals surface area contributed by atoms with Crippen molar-refractivity contribution < 1.29 is 28.7 Å². The predicted octanol–water partition coefficient (Wildman–Crippen LogP) is 4.00. The van der Waals surface area contributed by atoms with Crippen molar-refractivity contribution in [3.05, 3.63) is 102 Å². The number of ether oxygens (including phenoxy) is 2. The number of β-lactam (4-membered cyclic amide) rings is 1. The van der Waals surface area contributed by atoms with Crippen LogP contribution in [0.1, 0.15) is 50.2 Å². The van der Waals surface area contributed by atoms with Crippen LogP contribution in [0.15, 0.2) is 91.0 Å². The number of carbonyl (C=O) groups excluding carboxylic acids is 4. The van der Waals surface area contributed by atoms with Crippen LogP contribution < -0.4 is 26.0 Å². The van der Waals surface area contributed by atoms with Crippen molar-refractivity contribution in [2.45, 2.75) is 75.9 Å². The van der Waals surface area contributed by atoms with E-state index in [9.17, 15) is 19.2 Å². The Morgan fingerprint density at radius 2 is 1.47 bits per heavy atom. The molecule has 4 atom stereocenters. The lowest BCUT2D eigenvalue weighted by atomic mass is 9.74. The monoisotopic (exact) mass is 612 g/mol. The minimum absolute atomic E-state index is 0.0458. The zero-order chi connectivity index (χ0) is 31.6. The lowest BCUT2D eigenvalue weighted by molar-refractivity contribution is -0.147. The van der Waals surface area contributed by atoms with E-state index in [-0.39, 0.29) is 24.9 Å². The lowest BCUT2D eigenvalue weighted by Gasteiger charge is -2.43. The zero-order valence-electron chi connectivity index (χ0n) is 25.4. The molecule has 2 fully saturated rings. The third-order valence-electron chi connectivity index (χ3n) is 8.54. The number of rotatable bonds is 12. The van der Waals surface area contributed by atoms with Gasteiger partial charge in [0.1, 0.15) is 23.9 Å². The quantitative estimate of drug-likeness (QED) is 0.229. The fraction of sp³-hybridized carbons (Fsp3) is 0.371. The van der Waals surface area contributed by atoms with Crippen LogP contribution in [0.2, 0.25) is 0 Å². The van der Waals surface area contributed by atoms with Gasteiger partial charge in [-0.05, 0) is 48.9 Å². The van der Waals surface area contributed by atoms with Crippen LogP contribution in [0.3, 0.4) is 0 Å². The standard InChI is InChI=1S/C35H40N4O6/c1-35(26-18-10-4-11-19-26,33(42)37-29-31(41)38-32(29)45-27-20-12-5-13-21-27)39-30(40)28(22-24-14-6-2-7-15-24)36-34(43)44-23-25-16-8-3-9-17-25/h2-3,5-9,12-17,20-21,26,28-29,32H,4,10-11,18-19,22-23H2,1H3,(H,36,43)(H,37,42)(H,38,41)(H,39,40)/t28-,29+,32-,35-/m0/s1. The fourth-order valence-electron chi connectivity index (χ4n) is 5.86. The topological polar surface area (TPSA) is 135 Å². The van der Waals surface area contributed by atoms with E-state index in [1.54, 1.807) is 19.1 Å². The highest BCUT2D eigenvalue weighted by molar-refractivity contribution is 5.98. The van der Waals surface area contributed by atoms with E-state index in [0.717, 1.165) is 43.2 Å². The summed E-state index contributed by atoms with van der Waals surface area (Å²) in [5.74, 6) is -0.983. The Labute approximate surface area is 263 Å². The highest BCUT2D eigenvalue weighted by atomic mass is 16.5. The van der Waals surface area contributed by atoms with Crippen molar-refractivity contribution in [3.63, 3.8) is 0 Å². The van der Waals surface area contributed by atoms with Gasteiger partial charge in [0.25, 0.3) is 5.91 Å². The van der Waals surface area contributed by atoms with Crippen LogP contribution in [-0.4, -0.2) is 47.7 Å². The van der Waals surface area contributed by atoms with E-state index >= 15 is 0 Å². The van der Waals surface area contributed by atoms with Crippen molar-refractivity contribution in [3.8, 4) is 5.75 Å². The van der Waals surface area contributed by atoms with E-state index in [1.807, 2.05) is 78.9 Å². The molecule has 0 bridgehead atoms. The number of hydrogen-bond acceptors (Lipinski definition) is 6. The Kier molecular flexibility index (Phi) is 10.3. The molecule has 1 saturated carbocycles. The summed E-state index contributed by atoms with van der Waals surface area (Å²) in [6.07, 6.45) is 3.06. The molecule has 10 heteroatoms. The van der Waals surface area contributed by atoms with Gasteiger partial charge in [0.05, 0.1) is 0 Å². The maximum absolute atomic E-state index is 14.0. The summed E-state index contributed by atoms with van der Waals surface area (Å²) in [7, 11) is 0. The van der Waals surface area contributed by atoms with E-state index in [4.69, 9.17) is 9.47 Å². The SMILES string of the molecule is C[C@@](NC(=O)[C@H](Cc1ccccc1)NC(=O)OCc1ccccc1)(C(=O)N[C@@H]1C(=O)N[C@H]1Oc1ccccc1)C1CCCCC1. The minimum atomic E-state index is -1.35. The van der Waals surface area contributed by atoms with Crippen LogP contribution in [0, 0.1) is 5.92 Å². The number of amides is 4. The average Bonchev–Trinajstić information content (AvgIpc) is 3.07.